The van der Waals surface area contributed by atoms with E-state index in [0.29, 0.717) is 11.8 Å². The van der Waals surface area contributed by atoms with E-state index in [-0.39, 0.29) is 0 Å². The number of ether oxygens (including phenoxy) is 1. The molecular formula is C10H14N4O. The summed E-state index contributed by atoms with van der Waals surface area (Å²) in [6.45, 7) is 5.40. The number of nitrogens with zero attached hydrogens (tertiary/aromatic N) is 2. The van der Waals surface area contributed by atoms with Crippen LogP contribution in [0.5, 0.6) is 5.88 Å². The van der Waals surface area contributed by atoms with Crippen molar-refractivity contribution in [2.45, 2.75) is 26.4 Å². The summed E-state index contributed by atoms with van der Waals surface area (Å²) >= 11 is 0. The van der Waals surface area contributed by atoms with E-state index in [4.69, 9.17) is 17.0 Å². The molecule has 5 nitrogen and oxygen atoms in total. The number of hydrazine groups is 1. The Morgan fingerprint density at radius 2 is 2.27 bits per heavy atom. The van der Waals surface area contributed by atoms with E-state index in [1.165, 1.54) is 0 Å². The molecule has 0 radical (unpaired) electrons. The van der Waals surface area contributed by atoms with E-state index >= 15 is 0 Å². The lowest BCUT2D eigenvalue weighted by atomic mass is 10.1. The van der Waals surface area contributed by atoms with Crippen molar-refractivity contribution in [3.05, 3.63) is 11.8 Å². The third-order valence-electron chi connectivity index (χ3n) is 1.75. The van der Waals surface area contributed by atoms with Crippen molar-refractivity contribution in [1.29, 1.82) is 0 Å². The molecular weight excluding hydrogens is 192 g/mol. The highest BCUT2D eigenvalue weighted by molar-refractivity contribution is 5.32. The molecule has 0 atom stereocenters. The van der Waals surface area contributed by atoms with E-state index in [0.717, 1.165) is 5.56 Å². The number of nitrogens with one attached hydrogen (secondary N) is 1. The lowest BCUT2D eigenvalue weighted by molar-refractivity contribution is 0.163. The van der Waals surface area contributed by atoms with Crippen LogP contribution in [0.25, 0.3) is 0 Å². The van der Waals surface area contributed by atoms with E-state index in [2.05, 4.69) is 21.3 Å². The molecule has 0 amide bonds. The van der Waals surface area contributed by atoms with Crippen LogP contribution in [0.2, 0.25) is 0 Å². The van der Waals surface area contributed by atoms with Crippen molar-refractivity contribution in [3.63, 3.8) is 0 Å². The molecule has 0 unspecified atom stereocenters. The molecule has 0 saturated heterocycles. The van der Waals surface area contributed by atoms with Gasteiger partial charge in [0.25, 0.3) is 0 Å². The maximum Gasteiger partial charge on any atom is 0.240 e. The van der Waals surface area contributed by atoms with Crippen molar-refractivity contribution in [3.8, 4) is 18.2 Å². The van der Waals surface area contributed by atoms with Crippen molar-refractivity contribution in [2.24, 2.45) is 5.84 Å². The molecule has 1 heterocycles. The van der Waals surface area contributed by atoms with E-state index in [9.17, 15) is 0 Å². The van der Waals surface area contributed by atoms with Crippen LogP contribution in [0.4, 0.5) is 5.95 Å². The van der Waals surface area contributed by atoms with Crippen molar-refractivity contribution in [2.75, 3.05) is 5.43 Å². The summed E-state index contributed by atoms with van der Waals surface area (Å²) in [5.41, 5.74) is 2.44. The molecule has 0 spiro atoms. The molecule has 0 aliphatic heterocycles. The summed E-state index contributed by atoms with van der Waals surface area (Å²) in [5, 5.41) is 0. The van der Waals surface area contributed by atoms with Crippen LogP contribution in [0, 0.1) is 19.3 Å². The lowest BCUT2D eigenvalue weighted by Crippen LogP contribution is -2.26. The number of terminal acetylenes is 1. The highest BCUT2D eigenvalue weighted by Crippen LogP contribution is 2.20. The van der Waals surface area contributed by atoms with Crippen LogP contribution in [-0.4, -0.2) is 15.6 Å². The molecule has 5 heteroatoms. The third kappa shape index (κ3) is 2.82. The van der Waals surface area contributed by atoms with Crippen molar-refractivity contribution in [1.82, 2.24) is 9.97 Å². The van der Waals surface area contributed by atoms with E-state index in [1.54, 1.807) is 20.0 Å². The molecule has 1 aromatic rings. The molecule has 1 aromatic heterocycles. The fourth-order valence-corrected chi connectivity index (χ4v) is 0.870. The van der Waals surface area contributed by atoms with Gasteiger partial charge >= 0.3 is 0 Å². The van der Waals surface area contributed by atoms with Gasteiger partial charge in [0.05, 0.1) is 0 Å². The monoisotopic (exact) mass is 206 g/mol. The summed E-state index contributed by atoms with van der Waals surface area (Å²) in [6, 6.07) is 0. The smallest absolute Gasteiger partial charge is 0.240 e. The first-order valence-corrected chi connectivity index (χ1v) is 4.45. The highest BCUT2D eigenvalue weighted by Gasteiger charge is 2.18. The van der Waals surface area contributed by atoms with Crippen LogP contribution in [-0.2, 0) is 0 Å². The molecule has 0 aromatic carbocycles. The van der Waals surface area contributed by atoms with Gasteiger partial charge in [-0.25, -0.2) is 10.8 Å². The zero-order valence-electron chi connectivity index (χ0n) is 9.03. The lowest BCUT2D eigenvalue weighted by Gasteiger charge is -2.20. The van der Waals surface area contributed by atoms with Crippen molar-refractivity contribution >= 4 is 5.95 Å². The largest absolute Gasteiger partial charge is 0.458 e. The van der Waals surface area contributed by atoms with Gasteiger partial charge in [-0.3, -0.25) is 5.43 Å². The summed E-state index contributed by atoms with van der Waals surface area (Å²) < 4.78 is 5.54. The van der Waals surface area contributed by atoms with Crippen LogP contribution < -0.4 is 16.0 Å². The molecule has 1 rings (SSSR count). The number of anilines is 1. The summed E-state index contributed by atoms with van der Waals surface area (Å²) in [7, 11) is 0. The molecule has 0 bridgehead atoms. The second-order valence-corrected chi connectivity index (χ2v) is 3.58. The quantitative estimate of drug-likeness (QED) is 0.436. The third-order valence-corrected chi connectivity index (χ3v) is 1.75. The van der Waals surface area contributed by atoms with Gasteiger partial charge in [0.2, 0.25) is 11.8 Å². The Bertz CT molecular complexity index is 395. The second-order valence-electron chi connectivity index (χ2n) is 3.58. The Balaban J connectivity index is 2.99. The Morgan fingerprint density at radius 1 is 1.60 bits per heavy atom. The Labute approximate surface area is 89.0 Å². The fourth-order valence-electron chi connectivity index (χ4n) is 0.870. The van der Waals surface area contributed by atoms with Crippen LogP contribution in [0.1, 0.15) is 19.4 Å². The van der Waals surface area contributed by atoms with E-state index in [1.807, 2.05) is 6.92 Å². The van der Waals surface area contributed by atoms with Crippen LogP contribution in [0.3, 0.4) is 0 Å². The van der Waals surface area contributed by atoms with Gasteiger partial charge in [-0.1, -0.05) is 5.92 Å². The minimum absolute atomic E-state index is 0.295. The normalized spacial score (nSPS) is 10.6. The fraction of sp³-hybridized carbons (Fsp3) is 0.400. The minimum Gasteiger partial charge on any atom is -0.458 e. The van der Waals surface area contributed by atoms with Gasteiger partial charge in [0, 0.05) is 11.8 Å². The van der Waals surface area contributed by atoms with Gasteiger partial charge in [-0.15, -0.1) is 6.42 Å². The molecule has 0 aliphatic rings. The second kappa shape index (κ2) is 4.15. The molecule has 3 N–H and O–H groups in total. The summed E-state index contributed by atoms with van der Waals surface area (Å²) in [5.74, 6) is 8.44. The van der Waals surface area contributed by atoms with Gasteiger partial charge in [0.1, 0.15) is 0 Å². The SMILES string of the molecule is C#CC(C)(C)Oc1nc(NN)ncc1C. The Hall–Kier alpha value is -1.80. The summed E-state index contributed by atoms with van der Waals surface area (Å²) in [4.78, 5) is 7.99. The average Bonchev–Trinajstić information content (AvgIpc) is 2.21. The number of aryl methyl sites for hydroxylation is 1. The molecule has 80 valence electrons. The number of rotatable bonds is 3. The average molecular weight is 206 g/mol. The molecule has 0 fully saturated rings. The first kappa shape index (κ1) is 11.3. The molecule has 15 heavy (non-hydrogen) atoms. The zero-order valence-corrected chi connectivity index (χ0v) is 9.03. The van der Waals surface area contributed by atoms with Crippen LogP contribution in [0.15, 0.2) is 6.20 Å². The Morgan fingerprint density at radius 3 is 2.80 bits per heavy atom. The number of hydrogen-bond acceptors (Lipinski definition) is 5. The van der Waals surface area contributed by atoms with Gasteiger partial charge in [-0.2, -0.15) is 4.98 Å². The Kier molecular flexibility index (Phi) is 3.12. The maximum atomic E-state index is 5.54. The molecule has 0 aliphatic carbocycles. The number of nitrogens with two attached hydrogens (primary N) is 1. The summed E-state index contributed by atoms with van der Waals surface area (Å²) in [6.07, 6.45) is 6.93. The standard InChI is InChI=1S/C10H14N4O/c1-5-10(3,4)15-8-7(2)6-12-9(13-8)14-11/h1,6H,11H2,2-4H3,(H,12,13,14). The minimum atomic E-state index is -0.703. The molecule has 0 saturated carbocycles. The topological polar surface area (TPSA) is 73.1 Å². The highest BCUT2D eigenvalue weighted by atomic mass is 16.5. The number of hydrogen-bond donors (Lipinski definition) is 2. The van der Waals surface area contributed by atoms with E-state index < -0.39 is 5.60 Å². The van der Waals surface area contributed by atoms with Gasteiger partial charge < -0.3 is 4.74 Å². The zero-order chi connectivity index (χ0) is 11.5. The first-order chi connectivity index (χ1) is 6.98. The number of aromatic nitrogens is 2. The number of nitrogen functional groups attached to an aromatic ring is 1. The van der Waals surface area contributed by atoms with Crippen LogP contribution >= 0.6 is 0 Å². The maximum absolute atomic E-state index is 5.54. The van der Waals surface area contributed by atoms with Gasteiger partial charge in [-0.05, 0) is 20.8 Å². The predicted molar refractivity (Wildman–Crippen MR) is 58.1 cm³/mol. The van der Waals surface area contributed by atoms with Crippen molar-refractivity contribution < 1.29 is 4.74 Å². The first-order valence-electron chi connectivity index (χ1n) is 4.45. The van der Waals surface area contributed by atoms with Gasteiger partial charge in [0.15, 0.2) is 5.60 Å². The predicted octanol–water partition coefficient (Wildman–Crippen LogP) is 0.861.